The Balaban J connectivity index is 0.998. The fraction of sp³-hybridized carbons (Fsp3) is 0.760. The third-order valence-corrected chi connectivity index (χ3v) is 8.53. The summed E-state index contributed by atoms with van der Waals surface area (Å²) in [7, 11) is 0. The van der Waals surface area contributed by atoms with Crippen LogP contribution < -0.4 is 0 Å². The first-order valence-corrected chi connectivity index (χ1v) is 12.3. The standard InChI is InChI=1S/C25H38N4O/c30-24(29-17-15-28(16-18-29)23-4-1-5-23)22-19-25(20-22)8-13-27(14-9-25)12-2-3-21-6-10-26-11-7-21/h6-7,10-11,22-23H,1-5,8-9,12-20H2. The first-order valence-electron chi connectivity index (χ1n) is 12.3. The second kappa shape index (κ2) is 8.96. The number of piperazine rings is 1. The van der Waals surface area contributed by atoms with Crippen molar-refractivity contribution in [3.8, 4) is 0 Å². The number of nitrogens with zero attached hydrogens (tertiary/aromatic N) is 4. The van der Waals surface area contributed by atoms with Crippen LogP contribution in [0.15, 0.2) is 24.5 Å². The molecule has 1 spiro atoms. The number of aromatic nitrogens is 1. The van der Waals surface area contributed by atoms with E-state index in [1.807, 2.05) is 12.4 Å². The lowest BCUT2D eigenvalue weighted by Crippen LogP contribution is -2.57. The largest absolute Gasteiger partial charge is 0.340 e. The zero-order chi connectivity index (χ0) is 20.4. The van der Waals surface area contributed by atoms with Crippen LogP contribution in [0.1, 0.15) is 56.9 Å². The van der Waals surface area contributed by atoms with Gasteiger partial charge in [0.2, 0.25) is 5.91 Å². The highest BCUT2D eigenvalue weighted by Crippen LogP contribution is 2.53. The van der Waals surface area contributed by atoms with Gasteiger partial charge in [0.15, 0.2) is 0 Å². The Morgan fingerprint density at radius 3 is 2.33 bits per heavy atom. The summed E-state index contributed by atoms with van der Waals surface area (Å²) in [6.45, 7) is 7.76. The lowest BCUT2D eigenvalue weighted by atomic mass is 9.57. The highest BCUT2D eigenvalue weighted by atomic mass is 16.2. The van der Waals surface area contributed by atoms with E-state index in [-0.39, 0.29) is 0 Å². The van der Waals surface area contributed by atoms with E-state index in [9.17, 15) is 4.79 Å². The van der Waals surface area contributed by atoms with Crippen LogP contribution in [0.2, 0.25) is 0 Å². The number of piperidine rings is 1. The van der Waals surface area contributed by atoms with Crippen molar-refractivity contribution in [2.24, 2.45) is 11.3 Å². The van der Waals surface area contributed by atoms with Gasteiger partial charge in [0, 0.05) is 50.5 Å². The Morgan fingerprint density at radius 1 is 1.00 bits per heavy atom. The van der Waals surface area contributed by atoms with Crippen molar-refractivity contribution in [1.82, 2.24) is 19.7 Å². The van der Waals surface area contributed by atoms with Gasteiger partial charge >= 0.3 is 0 Å². The molecule has 0 unspecified atom stereocenters. The summed E-state index contributed by atoms with van der Waals surface area (Å²) in [5, 5.41) is 0. The Labute approximate surface area is 181 Å². The average Bonchev–Trinajstić information content (AvgIpc) is 2.72. The van der Waals surface area contributed by atoms with E-state index in [4.69, 9.17) is 0 Å². The molecule has 5 rings (SSSR count). The number of hydrogen-bond acceptors (Lipinski definition) is 4. The number of carbonyl (C=O) groups is 1. The van der Waals surface area contributed by atoms with Crippen molar-refractivity contribution in [3.63, 3.8) is 0 Å². The fourth-order valence-electron chi connectivity index (χ4n) is 6.19. The predicted molar refractivity (Wildman–Crippen MR) is 119 cm³/mol. The van der Waals surface area contributed by atoms with Crippen LogP contribution in [0.25, 0.3) is 0 Å². The summed E-state index contributed by atoms with van der Waals surface area (Å²) in [6.07, 6.45) is 15.2. The van der Waals surface area contributed by atoms with Crippen molar-refractivity contribution in [3.05, 3.63) is 30.1 Å². The van der Waals surface area contributed by atoms with Gasteiger partial charge in [-0.1, -0.05) is 6.42 Å². The van der Waals surface area contributed by atoms with E-state index < -0.39 is 0 Å². The molecule has 1 aromatic heterocycles. The molecule has 4 aliphatic rings. The molecular formula is C25H38N4O. The molecule has 0 aromatic carbocycles. The summed E-state index contributed by atoms with van der Waals surface area (Å²) in [5.74, 6) is 0.784. The molecule has 0 N–H and O–H groups in total. The molecule has 1 amide bonds. The van der Waals surface area contributed by atoms with Gasteiger partial charge in [0.1, 0.15) is 0 Å². The zero-order valence-electron chi connectivity index (χ0n) is 18.5. The van der Waals surface area contributed by atoms with Crippen molar-refractivity contribution in [2.45, 2.75) is 63.8 Å². The summed E-state index contributed by atoms with van der Waals surface area (Å²) in [6, 6.07) is 5.08. The van der Waals surface area contributed by atoms with Gasteiger partial charge in [-0.2, -0.15) is 0 Å². The van der Waals surface area contributed by atoms with Crippen molar-refractivity contribution in [2.75, 3.05) is 45.8 Å². The highest BCUT2D eigenvalue weighted by Gasteiger charge is 2.49. The Kier molecular flexibility index (Phi) is 6.10. The third-order valence-electron chi connectivity index (χ3n) is 8.53. The molecule has 164 valence electrons. The highest BCUT2D eigenvalue weighted by molar-refractivity contribution is 5.80. The molecule has 5 nitrogen and oxygen atoms in total. The van der Waals surface area contributed by atoms with Crippen LogP contribution in [0, 0.1) is 11.3 Å². The molecule has 2 aliphatic heterocycles. The van der Waals surface area contributed by atoms with Crippen LogP contribution in [0.5, 0.6) is 0 Å². The van der Waals surface area contributed by atoms with Gasteiger partial charge in [-0.3, -0.25) is 14.7 Å². The molecule has 0 radical (unpaired) electrons. The Hall–Kier alpha value is -1.46. The zero-order valence-corrected chi connectivity index (χ0v) is 18.5. The maximum absolute atomic E-state index is 13.0. The molecule has 3 heterocycles. The molecule has 2 aliphatic carbocycles. The number of hydrogen-bond donors (Lipinski definition) is 0. The first-order chi connectivity index (χ1) is 14.7. The lowest BCUT2D eigenvalue weighted by Gasteiger charge is -2.53. The molecule has 5 heteroatoms. The maximum atomic E-state index is 13.0. The summed E-state index contributed by atoms with van der Waals surface area (Å²) >= 11 is 0. The van der Waals surface area contributed by atoms with E-state index in [1.165, 1.54) is 63.7 Å². The number of rotatable bonds is 6. The van der Waals surface area contributed by atoms with E-state index in [0.29, 0.717) is 17.2 Å². The van der Waals surface area contributed by atoms with Crippen LogP contribution in [-0.2, 0) is 11.2 Å². The average molecular weight is 411 g/mol. The van der Waals surface area contributed by atoms with E-state index >= 15 is 0 Å². The van der Waals surface area contributed by atoms with Gasteiger partial charge in [-0.05, 0) is 94.1 Å². The molecule has 2 saturated carbocycles. The summed E-state index contributed by atoms with van der Waals surface area (Å²) in [4.78, 5) is 24.5. The predicted octanol–water partition coefficient (Wildman–Crippen LogP) is 3.20. The molecule has 0 bridgehead atoms. The van der Waals surface area contributed by atoms with Gasteiger partial charge in [0.05, 0.1) is 0 Å². The van der Waals surface area contributed by atoms with Gasteiger partial charge in [-0.15, -0.1) is 0 Å². The molecule has 0 atom stereocenters. The first kappa shape index (κ1) is 20.4. The number of likely N-dealkylation sites (tertiary alicyclic amines) is 1. The van der Waals surface area contributed by atoms with Crippen LogP contribution >= 0.6 is 0 Å². The topological polar surface area (TPSA) is 39.7 Å². The maximum Gasteiger partial charge on any atom is 0.225 e. The third kappa shape index (κ3) is 4.43. The fourth-order valence-corrected chi connectivity index (χ4v) is 6.19. The Morgan fingerprint density at radius 2 is 1.70 bits per heavy atom. The number of amides is 1. The number of aryl methyl sites for hydroxylation is 1. The van der Waals surface area contributed by atoms with Crippen LogP contribution in [-0.4, -0.2) is 77.4 Å². The summed E-state index contributed by atoms with van der Waals surface area (Å²) in [5.41, 5.74) is 1.88. The number of pyridine rings is 1. The minimum atomic E-state index is 0.318. The van der Waals surface area contributed by atoms with Crippen LogP contribution in [0.4, 0.5) is 0 Å². The number of carbonyl (C=O) groups excluding carboxylic acids is 1. The lowest BCUT2D eigenvalue weighted by molar-refractivity contribution is -0.148. The van der Waals surface area contributed by atoms with E-state index in [1.54, 1.807) is 0 Å². The second-order valence-electron chi connectivity index (χ2n) is 10.4. The van der Waals surface area contributed by atoms with Crippen LogP contribution in [0.3, 0.4) is 0 Å². The smallest absolute Gasteiger partial charge is 0.225 e. The minimum Gasteiger partial charge on any atom is -0.340 e. The van der Waals surface area contributed by atoms with E-state index in [0.717, 1.165) is 51.5 Å². The normalized spacial score (nSPS) is 25.8. The SMILES string of the molecule is O=C(C1CC2(CCN(CCCc3ccncc3)CC2)C1)N1CCN(C2CCC2)CC1. The quantitative estimate of drug-likeness (QED) is 0.722. The molecule has 4 fully saturated rings. The second-order valence-corrected chi connectivity index (χ2v) is 10.4. The van der Waals surface area contributed by atoms with Gasteiger partial charge in [-0.25, -0.2) is 0 Å². The van der Waals surface area contributed by atoms with Crippen molar-refractivity contribution >= 4 is 5.91 Å². The molecule has 1 aromatic rings. The molecular weight excluding hydrogens is 372 g/mol. The van der Waals surface area contributed by atoms with Crippen molar-refractivity contribution in [1.29, 1.82) is 0 Å². The van der Waals surface area contributed by atoms with E-state index in [2.05, 4.69) is 31.8 Å². The summed E-state index contributed by atoms with van der Waals surface area (Å²) < 4.78 is 0. The Bertz CT molecular complexity index is 695. The van der Waals surface area contributed by atoms with Gasteiger partial charge < -0.3 is 9.80 Å². The monoisotopic (exact) mass is 410 g/mol. The molecule has 2 saturated heterocycles. The van der Waals surface area contributed by atoms with Gasteiger partial charge in [0.25, 0.3) is 0 Å². The molecule has 30 heavy (non-hydrogen) atoms. The minimum absolute atomic E-state index is 0.318. The van der Waals surface area contributed by atoms with Crippen molar-refractivity contribution < 1.29 is 4.79 Å².